The maximum Gasteiger partial charge on any atom is 0.293 e. The molecule has 0 saturated carbocycles. The third-order valence-electron chi connectivity index (χ3n) is 2.65. The minimum absolute atomic E-state index is 0.125. The zero-order chi connectivity index (χ0) is 13.8. The summed E-state index contributed by atoms with van der Waals surface area (Å²) in [6, 6.07) is 3.38. The quantitative estimate of drug-likeness (QED) is 0.500. The molecule has 1 aromatic heterocycles. The summed E-state index contributed by atoms with van der Waals surface area (Å²) in [7, 11) is 0. The van der Waals surface area contributed by atoms with Crippen molar-refractivity contribution < 1.29 is 4.92 Å². The summed E-state index contributed by atoms with van der Waals surface area (Å²) in [5.74, 6) is 1.04. The number of rotatable bonds is 6. The van der Waals surface area contributed by atoms with Gasteiger partial charge < -0.3 is 5.32 Å². The Bertz CT molecular complexity index is 598. The first-order valence-electron chi connectivity index (χ1n) is 5.90. The van der Waals surface area contributed by atoms with Crippen molar-refractivity contribution in [3.63, 3.8) is 0 Å². The lowest BCUT2D eigenvalue weighted by Gasteiger charge is -2.06. The predicted octanol–water partition coefficient (Wildman–Crippen LogP) is 3.68. The highest BCUT2D eigenvalue weighted by Gasteiger charge is 2.16. The summed E-state index contributed by atoms with van der Waals surface area (Å²) in [6.45, 7) is 2.64. The average molecular weight is 297 g/mol. The summed E-state index contributed by atoms with van der Waals surface area (Å²) in [5.41, 5.74) is 1.50. The minimum Gasteiger partial charge on any atom is -0.379 e. The van der Waals surface area contributed by atoms with E-state index >= 15 is 0 Å². The number of nitrogens with one attached hydrogen (secondary N) is 1. The van der Waals surface area contributed by atoms with Gasteiger partial charge in [-0.05, 0) is 31.4 Å². The lowest BCUT2D eigenvalue weighted by atomic mass is 10.2. The number of hydrogen-bond donors (Lipinski definition) is 1. The molecule has 0 amide bonds. The van der Waals surface area contributed by atoms with Crippen molar-refractivity contribution in [3.05, 3.63) is 27.3 Å². The fraction of sp³-hybridized carbons (Fsp3) is 0.417. The zero-order valence-corrected chi connectivity index (χ0v) is 12.4. The van der Waals surface area contributed by atoms with Crippen molar-refractivity contribution in [2.75, 3.05) is 23.9 Å². The van der Waals surface area contributed by atoms with Crippen molar-refractivity contribution in [2.24, 2.45) is 0 Å². The number of fused-ring (bicyclic) bond motifs is 1. The first-order chi connectivity index (χ1) is 9.11. The van der Waals surface area contributed by atoms with Gasteiger partial charge in [0.15, 0.2) is 0 Å². The number of benzene rings is 1. The van der Waals surface area contributed by atoms with Crippen molar-refractivity contribution in [3.8, 4) is 0 Å². The predicted molar refractivity (Wildman–Crippen MR) is 82.5 cm³/mol. The molecule has 0 aliphatic heterocycles. The summed E-state index contributed by atoms with van der Waals surface area (Å²) in [5, 5.41) is 15.2. The van der Waals surface area contributed by atoms with Gasteiger partial charge in [0.05, 0.1) is 20.1 Å². The number of hydrogen-bond acceptors (Lipinski definition) is 6. The van der Waals surface area contributed by atoms with Crippen LogP contribution in [-0.2, 0) is 0 Å². The van der Waals surface area contributed by atoms with Crippen LogP contribution in [0.2, 0.25) is 0 Å². The molecule has 0 spiro atoms. The first kappa shape index (κ1) is 14.1. The van der Waals surface area contributed by atoms with Crippen LogP contribution in [-0.4, -0.2) is 28.5 Å². The Morgan fingerprint density at radius 2 is 2.32 bits per heavy atom. The second kappa shape index (κ2) is 6.21. The third-order valence-corrected chi connectivity index (χ3v) is 4.28. The molecule has 0 radical (unpaired) electrons. The number of aromatic nitrogens is 1. The van der Waals surface area contributed by atoms with E-state index < -0.39 is 0 Å². The van der Waals surface area contributed by atoms with E-state index in [0.29, 0.717) is 5.69 Å². The Morgan fingerprint density at radius 1 is 1.53 bits per heavy atom. The monoisotopic (exact) mass is 297 g/mol. The highest BCUT2D eigenvalue weighted by Crippen LogP contribution is 2.32. The molecule has 0 aliphatic rings. The van der Waals surface area contributed by atoms with Crippen molar-refractivity contribution >= 4 is 44.7 Å². The van der Waals surface area contributed by atoms with Gasteiger partial charge in [0, 0.05) is 12.6 Å². The highest BCUT2D eigenvalue weighted by atomic mass is 32.2. The molecule has 5 nitrogen and oxygen atoms in total. The van der Waals surface area contributed by atoms with Crippen molar-refractivity contribution in [1.29, 1.82) is 0 Å². The number of nitro benzene ring substituents is 1. The van der Waals surface area contributed by atoms with Gasteiger partial charge in [-0.2, -0.15) is 11.8 Å². The number of thioether (sulfide) groups is 1. The standard InChI is InChI=1S/C12H15N3O2S2/c1-8-14-10-6-9(13-4-3-5-18-2)11(15(16)17)7-12(10)19-8/h6-7,13H,3-5H2,1-2H3. The van der Waals surface area contributed by atoms with Gasteiger partial charge in [0.2, 0.25) is 0 Å². The molecule has 1 heterocycles. The molecular weight excluding hydrogens is 282 g/mol. The van der Waals surface area contributed by atoms with Crippen LogP contribution in [0.5, 0.6) is 0 Å². The average Bonchev–Trinajstić information content (AvgIpc) is 2.72. The van der Waals surface area contributed by atoms with Crippen LogP contribution in [0.25, 0.3) is 10.2 Å². The molecule has 0 bridgehead atoms. The molecule has 0 atom stereocenters. The van der Waals surface area contributed by atoms with Gasteiger partial charge in [-0.25, -0.2) is 4.98 Å². The molecule has 0 unspecified atom stereocenters. The normalized spacial score (nSPS) is 10.8. The van der Waals surface area contributed by atoms with E-state index in [1.165, 1.54) is 11.3 Å². The van der Waals surface area contributed by atoms with Crippen LogP contribution < -0.4 is 5.32 Å². The zero-order valence-electron chi connectivity index (χ0n) is 10.8. The van der Waals surface area contributed by atoms with Crippen molar-refractivity contribution in [2.45, 2.75) is 13.3 Å². The first-order valence-corrected chi connectivity index (χ1v) is 8.11. The summed E-state index contributed by atoms with van der Waals surface area (Å²) in [4.78, 5) is 15.1. The summed E-state index contributed by atoms with van der Waals surface area (Å²) < 4.78 is 0.860. The maximum absolute atomic E-state index is 11.1. The lowest BCUT2D eigenvalue weighted by Crippen LogP contribution is -2.05. The fourth-order valence-electron chi connectivity index (χ4n) is 1.81. The van der Waals surface area contributed by atoms with Gasteiger partial charge in [0.25, 0.3) is 5.69 Å². The number of anilines is 1. The molecular formula is C12H15N3O2S2. The Balaban J connectivity index is 2.28. The molecule has 1 N–H and O–H groups in total. The smallest absolute Gasteiger partial charge is 0.293 e. The summed E-state index contributed by atoms with van der Waals surface area (Å²) >= 11 is 3.25. The number of nitrogens with zero attached hydrogens (tertiary/aromatic N) is 2. The van der Waals surface area contributed by atoms with Crippen LogP contribution in [0.4, 0.5) is 11.4 Å². The van der Waals surface area contributed by atoms with Gasteiger partial charge >= 0.3 is 0 Å². The molecule has 1 aromatic carbocycles. The SMILES string of the molecule is CSCCCNc1cc2nc(C)sc2cc1[N+](=O)[O-]. The maximum atomic E-state index is 11.1. The largest absolute Gasteiger partial charge is 0.379 e. The molecule has 2 rings (SSSR count). The van der Waals surface area contributed by atoms with Crippen LogP contribution in [0, 0.1) is 17.0 Å². The van der Waals surface area contributed by atoms with Crippen LogP contribution >= 0.6 is 23.1 Å². The lowest BCUT2D eigenvalue weighted by molar-refractivity contribution is -0.383. The van der Waals surface area contributed by atoms with Crippen LogP contribution in [0.3, 0.4) is 0 Å². The van der Waals surface area contributed by atoms with E-state index in [0.717, 1.165) is 33.9 Å². The number of nitro groups is 1. The Kier molecular flexibility index (Phi) is 4.60. The summed E-state index contributed by atoms with van der Waals surface area (Å²) in [6.07, 6.45) is 3.03. The topological polar surface area (TPSA) is 68.1 Å². The van der Waals surface area contributed by atoms with Crippen LogP contribution in [0.1, 0.15) is 11.4 Å². The fourth-order valence-corrected chi connectivity index (χ4v) is 3.09. The van der Waals surface area contributed by atoms with E-state index in [9.17, 15) is 10.1 Å². The Hall–Kier alpha value is -1.34. The molecule has 0 saturated heterocycles. The Labute approximate surface area is 119 Å². The van der Waals surface area contributed by atoms with E-state index in [1.54, 1.807) is 23.9 Å². The molecule has 0 fully saturated rings. The minimum atomic E-state index is -0.342. The second-order valence-corrected chi connectivity index (χ2v) is 6.32. The number of thiazole rings is 1. The van der Waals surface area contributed by atoms with Gasteiger partial charge in [-0.3, -0.25) is 10.1 Å². The van der Waals surface area contributed by atoms with E-state index in [4.69, 9.17) is 0 Å². The van der Waals surface area contributed by atoms with Crippen molar-refractivity contribution in [1.82, 2.24) is 4.98 Å². The highest BCUT2D eigenvalue weighted by molar-refractivity contribution is 7.98. The van der Waals surface area contributed by atoms with Gasteiger partial charge in [0.1, 0.15) is 5.69 Å². The molecule has 0 aliphatic carbocycles. The molecule has 102 valence electrons. The molecule has 7 heteroatoms. The number of aryl methyl sites for hydroxylation is 1. The van der Waals surface area contributed by atoms with E-state index in [1.807, 2.05) is 13.2 Å². The van der Waals surface area contributed by atoms with E-state index in [-0.39, 0.29) is 10.6 Å². The third kappa shape index (κ3) is 3.36. The second-order valence-electron chi connectivity index (χ2n) is 4.10. The van der Waals surface area contributed by atoms with Gasteiger partial charge in [-0.1, -0.05) is 0 Å². The van der Waals surface area contributed by atoms with E-state index in [2.05, 4.69) is 10.3 Å². The molecule has 19 heavy (non-hydrogen) atoms. The Morgan fingerprint density at radius 3 is 3.00 bits per heavy atom. The van der Waals surface area contributed by atoms with Crippen LogP contribution in [0.15, 0.2) is 12.1 Å². The van der Waals surface area contributed by atoms with Gasteiger partial charge in [-0.15, -0.1) is 11.3 Å². The molecule has 2 aromatic rings.